The Morgan fingerprint density at radius 3 is 2.93 bits per heavy atom. The highest BCUT2D eigenvalue weighted by atomic mass is 32.2. The number of carbonyl (C=O) groups excluding carboxylic acids is 1. The SMILES string of the molecule is O=C(O)CSCCNC(=O)C1CCCO1. The first kappa shape index (κ1) is 12.3. The number of ether oxygens (including phenoxy) is 1. The van der Waals surface area contributed by atoms with Gasteiger partial charge in [0.2, 0.25) is 5.91 Å². The molecule has 1 heterocycles. The van der Waals surface area contributed by atoms with E-state index < -0.39 is 5.97 Å². The Morgan fingerprint density at radius 2 is 2.33 bits per heavy atom. The summed E-state index contributed by atoms with van der Waals surface area (Å²) in [6.45, 7) is 1.16. The van der Waals surface area contributed by atoms with E-state index in [-0.39, 0.29) is 17.8 Å². The molecular formula is C9H15NO4S. The van der Waals surface area contributed by atoms with Gasteiger partial charge < -0.3 is 15.2 Å². The summed E-state index contributed by atoms with van der Waals surface area (Å²) < 4.78 is 5.20. The van der Waals surface area contributed by atoms with E-state index in [9.17, 15) is 9.59 Å². The fourth-order valence-corrected chi connectivity index (χ4v) is 1.87. The van der Waals surface area contributed by atoms with Crippen LogP contribution in [0.5, 0.6) is 0 Å². The molecule has 0 saturated carbocycles. The number of carbonyl (C=O) groups is 2. The van der Waals surface area contributed by atoms with Crippen LogP contribution in [-0.4, -0.2) is 47.7 Å². The minimum Gasteiger partial charge on any atom is -0.481 e. The molecule has 1 rings (SSSR count). The summed E-state index contributed by atoms with van der Waals surface area (Å²) in [5.41, 5.74) is 0. The number of hydrogen-bond donors (Lipinski definition) is 2. The maximum absolute atomic E-state index is 11.4. The zero-order chi connectivity index (χ0) is 11.1. The van der Waals surface area contributed by atoms with E-state index in [4.69, 9.17) is 9.84 Å². The highest BCUT2D eigenvalue weighted by molar-refractivity contribution is 7.99. The monoisotopic (exact) mass is 233 g/mol. The zero-order valence-electron chi connectivity index (χ0n) is 8.40. The van der Waals surface area contributed by atoms with Gasteiger partial charge in [-0.3, -0.25) is 9.59 Å². The molecule has 1 fully saturated rings. The minimum absolute atomic E-state index is 0.0792. The third-order valence-electron chi connectivity index (χ3n) is 1.99. The number of amides is 1. The van der Waals surface area contributed by atoms with Gasteiger partial charge in [-0.1, -0.05) is 0 Å². The lowest BCUT2D eigenvalue weighted by Gasteiger charge is -2.09. The minimum atomic E-state index is -0.828. The Hall–Kier alpha value is -0.750. The van der Waals surface area contributed by atoms with Gasteiger partial charge in [0.1, 0.15) is 6.10 Å². The summed E-state index contributed by atoms with van der Waals surface area (Å²) in [5.74, 6) is -0.213. The Morgan fingerprint density at radius 1 is 1.53 bits per heavy atom. The topological polar surface area (TPSA) is 75.6 Å². The first-order chi connectivity index (χ1) is 7.20. The van der Waals surface area contributed by atoms with Gasteiger partial charge in [0.15, 0.2) is 0 Å². The molecule has 0 bridgehead atoms. The maximum Gasteiger partial charge on any atom is 0.313 e. The van der Waals surface area contributed by atoms with Crippen LogP contribution in [-0.2, 0) is 14.3 Å². The standard InChI is InChI=1S/C9H15NO4S/c11-8(12)6-15-5-3-10-9(13)7-2-1-4-14-7/h7H,1-6H2,(H,10,13)(H,11,12). The van der Waals surface area contributed by atoms with E-state index in [1.165, 1.54) is 11.8 Å². The molecule has 1 amide bonds. The van der Waals surface area contributed by atoms with E-state index in [1.54, 1.807) is 0 Å². The summed E-state index contributed by atoms with van der Waals surface area (Å²) in [6, 6.07) is 0. The summed E-state index contributed by atoms with van der Waals surface area (Å²) in [6.07, 6.45) is 1.43. The van der Waals surface area contributed by atoms with Crippen molar-refractivity contribution < 1.29 is 19.4 Å². The first-order valence-corrected chi connectivity index (χ1v) is 6.04. The van der Waals surface area contributed by atoms with Crippen molar-refractivity contribution >= 4 is 23.6 Å². The molecule has 5 nitrogen and oxygen atoms in total. The van der Waals surface area contributed by atoms with E-state index in [2.05, 4.69) is 5.32 Å². The third-order valence-corrected chi connectivity index (χ3v) is 2.94. The van der Waals surface area contributed by atoms with Crippen molar-refractivity contribution in [2.24, 2.45) is 0 Å². The van der Waals surface area contributed by atoms with Crippen LogP contribution in [0.25, 0.3) is 0 Å². The lowest BCUT2D eigenvalue weighted by molar-refractivity contribution is -0.134. The molecule has 1 aliphatic rings. The number of thioether (sulfide) groups is 1. The van der Waals surface area contributed by atoms with Crippen molar-refractivity contribution in [3.05, 3.63) is 0 Å². The smallest absolute Gasteiger partial charge is 0.313 e. The van der Waals surface area contributed by atoms with Crippen molar-refractivity contribution in [2.75, 3.05) is 24.7 Å². The van der Waals surface area contributed by atoms with Gasteiger partial charge in [0.25, 0.3) is 0 Å². The molecule has 0 aromatic carbocycles. The average Bonchev–Trinajstić information content (AvgIpc) is 2.69. The molecule has 6 heteroatoms. The highest BCUT2D eigenvalue weighted by Crippen LogP contribution is 2.11. The van der Waals surface area contributed by atoms with Crippen molar-refractivity contribution in [3.8, 4) is 0 Å². The van der Waals surface area contributed by atoms with E-state index >= 15 is 0 Å². The Labute approximate surface area is 92.6 Å². The summed E-state index contributed by atoms with van der Waals surface area (Å²) in [4.78, 5) is 21.6. The van der Waals surface area contributed by atoms with Gasteiger partial charge in [0.05, 0.1) is 5.75 Å². The van der Waals surface area contributed by atoms with E-state index in [1.807, 2.05) is 0 Å². The second kappa shape index (κ2) is 6.68. The predicted molar refractivity (Wildman–Crippen MR) is 56.9 cm³/mol. The number of nitrogens with one attached hydrogen (secondary N) is 1. The number of carboxylic acid groups (broad SMARTS) is 1. The second-order valence-corrected chi connectivity index (χ2v) is 4.34. The van der Waals surface area contributed by atoms with Gasteiger partial charge in [-0.25, -0.2) is 0 Å². The van der Waals surface area contributed by atoms with E-state index in [0.717, 1.165) is 12.8 Å². The molecule has 1 atom stereocenters. The van der Waals surface area contributed by atoms with Gasteiger partial charge in [0, 0.05) is 18.9 Å². The fourth-order valence-electron chi connectivity index (χ4n) is 1.30. The van der Waals surface area contributed by atoms with Crippen LogP contribution >= 0.6 is 11.8 Å². The van der Waals surface area contributed by atoms with Gasteiger partial charge in [-0.05, 0) is 12.8 Å². The quantitative estimate of drug-likeness (QED) is 0.636. The number of aliphatic carboxylic acids is 1. The molecule has 86 valence electrons. The van der Waals surface area contributed by atoms with Crippen molar-refractivity contribution in [1.82, 2.24) is 5.32 Å². The van der Waals surface area contributed by atoms with Crippen molar-refractivity contribution in [2.45, 2.75) is 18.9 Å². The zero-order valence-corrected chi connectivity index (χ0v) is 9.22. The van der Waals surface area contributed by atoms with Crippen LogP contribution in [0.3, 0.4) is 0 Å². The lowest BCUT2D eigenvalue weighted by Crippen LogP contribution is -2.35. The summed E-state index contributed by atoms with van der Waals surface area (Å²) >= 11 is 1.29. The molecule has 0 radical (unpaired) electrons. The summed E-state index contributed by atoms with van der Waals surface area (Å²) in [5, 5.41) is 11.1. The number of carboxylic acids is 1. The average molecular weight is 233 g/mol. The lowest BCUT2D eigenvalue weighted by atomic mass is 10.2. The molecule has 1 saturated heterocycles. The third kappa shape index (κ3) is 5.03. The molecule has 1 unspecified atom stereocenters. The van der Waals surface area contributed by atoms with Gasteiger partial charge in [-0.15, -0.1) is 11.8 Å². The van der Waals surface area contributed by atoms with Crippen LogP contribution in [0.4, 0.5) is 0 Å². The van der Waals surface area contributed by atoms with Crippen LogP contribution in [0.15, 0.2) is 0 Å². The largest absolute Gasteiger partial charge is 0.481 e. The van der Waals surface area contributed by atoms with Gasteiger partial charge >= 0.3 is 5.97 Å². The Balaban J connectivity index is 1.99. The molecule has 0 aromatic heterocycles. The second-order valence-electron chi connectivity index (χ2n) is 3.24. The van der Waals surface area contributed by atoms with E-state index in [0.29, 0.717) is 18.9 Å². The molecule has 1 aliphatic heterocycles. The Kier molecular flexibility index (Phi) is 5.49. The van der Waals surface area contributed by atoms with Crippen LogP contribution < -0.4 is 5.32 Å². The molecule has 0 aromatic rings. The molecular weight excluding hydrogens is 218 g/mol. The normalized spacial score (nSPS) is 20.1. The highest BCUT2D eigenvalue weighted by Gasteiger charge is 2.22. The van der Waals surface area contributed by atoms with Crippen LogP contribution in [0.1, 0.15) is 12.8 Å². The molecule has 15 heavy (non-hydrogen) atoms. The van der Waals surface area contributed by atoms with Crippen LogP contribution in [0, 0.1) is 0 Å². The van der Waals surface area contributed by atoms with Gasteiger partial charge in [-0.2, -0.15) is 0 Å². The molecule has 0 spiro atoms. The maximum atomic E-state index is 11.4. The van der Waals surface area contributed by atoms with Crippen molar-refractivity contribution in [3.63, 3.8) is 0 Å². The first-order valence-electron chi connectivity index (χ1n) is 4.89. The summed E-state index contributed by atoms with van der Waals surface area (Å²) in [7, 11) is 0. The number of rotatable bonds is 6. The van der Waals surface area contributed by atoms with Crippen LogP contribution in [0.2, 0.25) is 0 Å². The Bertz CT molecular complexity index is 228. The molecule has 0 aliphatic carbocycles. The molecule has 2 N–H and O–H groups in total. The predicted octanol–water partition coefficient (Wildman–Crippen LogP) is 0.0994. The van der Waals surface area contributed by atoms with Crippen molar-refractivity contribution in [1.29, 1.82) is 0 Å². The number of hydrogen-bond acceptors (Lipinski definition) is 4. The fraction of sp³-hybridized carbons (Fsp3) is 0.778.